The molecular weight excluding hydrogens is 329 g/mol. The number of amides is 1. The van der Waals surface area contributed by atoms with E-state index >= 15 is 0 Å². The quantitative estimate of drug-likeness (QED) is 0.868. The van der Waals surface area contributed by atoms with E-state index in [1.165, 1.54) is 30.6 Å². The predicted molar refractivity (Wildman–Crippen MR) is 81.7 cm³/mol. The van der Waals surface area contributed by atoms with Gasteiger partial charge in [0.05, 0.1) is 17.4 Å². The van der Waals surface area contributed by atoms with Crippen molar-refractivity contribution in [3.63, 3.8) is 0 Å². The summed E-state index contributed by atoms with van der Waals surface area (Å²) >= 11 is 1.18. The van der Waals surface area contributed by atoms with E-state index in [1.54, 1.807) is 12.3 Å². The monoisotopic (exact) mass is 343 g/mol. The maximum Gasteiger partial charge on any atom is 0.244 e. The van der Waals surface area contributed by atoms with E-state index in [-0.39, 0.29) is 0 Å². The van der Waals surface area contributed by atoms with Crippen molar-refractivity contribution in [1.82, 2.24) is 9.10 Å². The molecule has 0 aliphatic heterocycles. The van der Waals surface area contributed by atoms with E-state index in [9.17, 15) is 17.6 Å². The molecule has 22 heavy (non-hydrogen) atoms. The van der Waals surface area contributed by atoms with Crippen molar-refractivity contribution in [2.75, 3.05) is 5.32 Å². The third kappa shape index (κ3) is 3.67. The highest BCUT2D eigenvalue weighted by Gasteiger charge is 2.24. The Bertz CT molecular complexity index is 789. The zero-order chi connectivity index (χ0) is 16.3. The smallest absolute Gasteiger partial charge is 0.244 e. The molecule has 0 spiro atoms. The molecule has 0 aliphatic rings. The van der Waals surface area contributed by atoms with Crippen LogP contribution in [0.1, 0.15) is 12.6 Å². The molecule has 2 rings (SSSR count). The van der Waals surface area contributed by atoms with Crippen molar-refractivity contribution >= 4 is 33.2 Å². The molecule has 1 unspecified atom stereocenters. The number of rotatable bonds is 5. The van der Waals surface area contributed by atoms with Gasteiger partial charge < -0.3 is 5.32 Å². The number of nitrogens with zero attached hydrogens (tertiary/aromatic N) is 1. The fraction of sp³-hybridized carbons (Fsp3) is 0.231. The van der Waals surface area contributed by atoms with E-state index in [1.807, 2.05) is 0 Å². The zero-order valence-corrected chi connectivity index (χ0v) is 13.5. The van der Waals surface area contributed by atoms with Crippen molar-refractivity contribution in [1.29, 1.82) is 0 Å². The first-order valence-electron chi connectivity index (χ1n) is 6.30. The van der Waals surface area contributed by atoms with Gasteiger partial charge in [-0.25, -0.2) is 12.8 Å². The van der Waals surface area contributed by atoms with E-state index in [0.29, 0.717) is 11.4 Å². The standard InChI is InChI=1S/C13H14FN3O3S2/c1-8-11(7-21-16-8)15-13(18)9(2)17-22(19,20)12-6-4-3-5-10(12)14/h3-7,9,17H,1-2H3,(H,15,18). The van der Waals surface area contributed by atoms with Crippen LogP contribution in [-0.2, 0) is 14.8 Å². The summed E-state index contributed by atoms with van der Waals surface area (Å²) in [5.41, 5.74) is 1.16. The summed E-state index contributed by atoms with van der Waals surface area (Å²) in [5.74, 6) is -1.43. The van der Waals surface area contributed by atoms with E-state index in [0.717, 1.165) is 12.1 Å². The van der Waals surface area contributed by atoms with Crippen LogP contribution in [0.25, 0.3) is 0 Å². The molecule has 1 heterocycles. The van der Waals surface area contributed by atoms with Gasteiger partial charge in [0.25, 0.3) is 0 Å². The topological polar surface area (TPSA) is 88.2 Å². The van der Waals surface area contributed by atoms with Crippen molar-refractivity contribution in [3.8, 4) is 0 Å². The summed E-state index contributed by atoms with van der Waals surface area (Å²) in [6.07, 6.45) is 0. The molecule has 118 valence electrons. The van der Waals surface area contributed by atoms with Crippen LogP contribution in [0.15, 0.2) is 34.5 Å². The van der Waals surface area contributed by atoms with Gasteiger partial charge in [0.1, 0.15) is 10.7 Å². The minimum absolute atomic E-state index is 0.497. The fourth-order valence-corrected chi connectivity index (χ4v) is 3.59. The Morgan fingerprint density at radius 3 is 2.64 bits per heavy atom. The van der Waals surface area contributed by atoms with Crippen LogP contribution in [0.2, 0.25) is 0 Å². The number of sulfonamides is 1. The number of aromatic nitrogens is 1. The number of hydrogen-bond acceptors (Lipinski definition) is 5. The third-order valence-electron chi connectivity index (χ3n) is 2.86. The molecule has 2 aromatic rings. The van der Waals surface area contributed by atoms with Gasteiger partial charge in [-0.1, -0.05) is 12.1 Å². The first-order chi connectivity index (χ1) is 10.3. The maximum absolute atomic E-state index is 13.6. The van der Waals surface area contributed by atoms with E-state index < -0.39 is 32.7 Å². The lowest BCUT2D eigenvalue weighted by molar-refractivity contribution is -0.117. The molecule has 1 atom stereocenters. The van der Waals surface area contributed by atoms with Crippen LogP contribution in [0.4, 0.5) is 10.1 Å². The lowest BCUT2D eigenvalue weighted by atomic mass is 10.3. The normalized spacial score (nSPS) is 12.9. The average molecular weight is 343 g/mol. The van der Waals surface area contributed by atoms with Crippen LogP contribution >= 0.6 is 11.5 Å². The molecule has 0 bridgehead atoms. The van der Waals surface area contributed by atoms with E-state index in [2.05, 4.69) is 14.4 Å². The molecule has 0 aliphatic carbocycles. The molecule has 1 aromatic carbocycles. The SMILES string of the molecule is Cc1nscc1NC(=O)C(C)NS(=O)(=O)c1ccccc1F. The highest BCUT2D eigenvalue weighted by molar-refractivity contribution is 7.89. The Balaban J connectivity index is 2.11. The summed E-state index contributed by atoms with van der Waals surface area (Å²) in [6.45, 7) is 3.10. The third-order valence-corrected chi connectivity index (χ3v) is 5.15. The predicted octanol–water partition coefficient (Wildman–Crippen LogP) is 1.90. The van der Waals surface area contributed by atoms with Gasteiger partial charge in [-0.15, -0.1) is 0 Å². The minimum Gasteiger partial charge on any atom is -0.322 e. The highest BCUT2D eigenvalue weighted by Crippen LogP contribution is 2.17. The summed E-state index contributed by atoms with van der Waals surface area (Å²) in [7, 11) is -4.12. The summed E-state index contributed by atoms with van der Waals surface area (Å²) in [5, 5.41) is 4.21. The van der Waals surface area contributed by atoms with Gasteiger partial charge in [-0.05, 0) is 37.5 Å². The van der Waals surface area contributed by atoms with Gasteiger partial charge in [-0.2, -0.15) is 9.10 Å². The Kier molecular flexibility index (Phi) is 4.89. The molecule has 1 aromatic heterocycles. The summed E-state index contributed by atoms with van der Waals surface area (Å²) < 4.78 is 43.9. The number of hydrogen-bond donors (Lipinski definition) is 2. The number of anilines is 1. The molecular formula is C13H14FN3O3S2. The number of carbonyl (C=O) groups is 1. The molecule has 0 saturated heterocycles. The van der Waals surface area contributed by atoms with Gasteiger partial charge in [0.15, 0.2) is 0 Å². The van der Waals surface area contributed by atoms with Crippen LogP contribution in [0.5, 0.6) is 0 Å². The Hall–Kier alpha value is -1.84. The minimum atomic E-state index is -4.12. The molecule has 2 N–H and O–H groups in total. The van der Waals surface area contributed by atoms with Crippen LogP contribution < -0.4 is 10.0 Å². The molecule has 0 saturated carbocycles. The molecule has 6 nitrogen and oxygen atoms in total. The van der Waals surface area contributed by atoms with Crippen molar-refractivity contribution in [2.24, 2.45) is 0 Å². The Labute approximate surface area is 131 Å². The van der Waals surface area contributed by atoms with Gasteiger partial charge in [-0.3, -0.25) is 4.79 Å². The average Bonchev–Trinajstić information content (AvgIpc) is 2.84. The second kappa shape index (κ2) is 6.51. The molecule has 9 heteroatoms. The zero-order valence-electron chi connectivity index (χ0n) is 11.8. The second-order valence-corrected chi connectivity index (χ2v) is 6.89. The first-order valence-corrected chi connectivity index (χ1v) is 8.62. The van der Waals surface area contributed by atoms with Crippen molar-refractivity contribution in [2.45, 2.75) is 24.8 Å². The highest BCUT2D eigenvalue weighted by atomic mass is 32.2. The molecule has 0 radical (unpaired) electrons. The Morgan fingerprint density at radius 1 is 1.36 bits per heavy atom. The van der Waals surface area contributed by atoms with Crippen LogP contribution in [0, 0.1) is 12.7 Å². The molecule has 0 fully saturated rings. The largest absolute Gasteiger partial charge is 0.322 e. The summed E-state index contributed by atoms with van der Waals surface area (Å²) in [4.78, 5) is 11.5. The number of benzene rings is 1. The summed E-state index contributed by atoms with van der Waals surface area (Å²) in [6, 6.07) is 3.90. The second-order valence-electron chi connectivity index (χ2n) is 4.58. The number of halogens is 1. The van der Waals surface area contributed by atoms with Gasteiger partial charge in [0.2, 0.25) is 15.9 Å². The van der Waals surface area contributed by atoms with Crippen LogP contribution in [0.3, 0.4) is 0 Å². The number of aryl methyl sites for hydroxylation is 1. The van der Waals surface area contributed by atoms with Crippen molar-refractivity contribution in [3.05, 3.63) is 41.2 Å². The number of carbonyl (C=O) groups excluding carboxylic acids is 1. The van der Waals surface area contributed by atoms with Crippen LogP contribution in [-0.4, -0.2) is 24.7 Å². The van der Waals surface area contributed by atoms with E-state index in [4.69, 9.17) is 0 Å². The Morgan fingerprint density at radius 2 is 2.05 bits per heavy atom. The van der Waals surface area contributed by atoms with Gasteiger partial charge in [0, 0.05) is 5.38 Å². The van der Waals surface area contributed by atoms with Crippen molar-refractivity contribution < 1.29 is 17.6 Å². The lowest BCUT2D eigenvalue weighted by Crippen LogP contribution is -2.41. The fourth-order valence-electron chi connectivity index (χ4n) is 1.67. The first kappa shape index (κ1) is 16.5. The molecule has 1 amide bonds. The maximum atomic E-state index is 13.6. The lowest BCUT2D eigenvalue weighted by Gasteiger charge is -2.14. The van der Waals surface area contributed by atoms with Gasteiger partial charge >= 0.3 is 0 Å². The number of nitrogens with one attached hydrogen (secondary N) is 2.